The summed E-state index contributed by atoms with van der Waals surface area (Å²) in [5, 5.41) is 0. The fourth-order valence-electron chi connectivity index (χ4n) is 4.64. The van der Waals surface area contributed by atoms with Gasteiger partial charge in [0.1, 0.15) is 5.60 Å². The summed E-state index contributed by atoms with van der Waals surface area (Å²) < 4.78 is 35.6. The molecule has 3 aromatic rings. The van der Waals surface area contributed by atoms with Gasteiger partial charge in [0, 0.05) is 25.6 Å². The maximum Gasteiger partial charge on any atom is 0.405 e. The van der Waals surface area contributed by atoms with E-state index in [9.17, 15) is 18.4 Å². The number of primary amides is 1. The average Bonchev–Trinajstić information content (AvgIpc) is 3.14. The van der Waals surface area contributed by atoms with Gasteiger partial charge >= 0.3 is 11.8 Å². The lowest BCUT2D eigenvalue weighted by Crippen LogP contribution is -2.40. The van der Waals surface area contributed by atoms with E-state index >= 15 is 0 Å². The highest BCUT2D eigenvalue weighted by Crippen LogP contribution is 2.61. The third-order valence-corrected chi connectivity index (χ3v) is 7.02. The van der Waals surface area contributed by atoms with E-state index < -0.39 is 23.0 Å². The van der Waals surface area contributed by atoms with Crippen LogP contribution in [0.15, 0.2) is 41.2 Å². The highest BCUT2D eigenvalue weighted by molar-refractivity contribution is 5.76. The minimum Gasteiger partial charge on any atom is -0.438 e. The number of carbonyl (C=O) groups is 1. The lowest BCUT2D eigenvalue weighted by atomic mass is 9.74. The van der Waals surface area contributed by atoms with Crippen LogP contribution in [-0.2, 0) is 23.9 Å². The predicted molar refractivity (Wildman–Crippen MR) is 114 cm³/mol. The third-order valence-electron chi connectivity index (χ3n) is 7.02. The second-order valence-corrected chi connectivity index (χ2v) is 9.26. The number of hydrogen-bond donors (Lipinski definition) is 1. The molecule has 0 spiro atoms. The molecule has 1 amide bonds. The number of amides is 1. The Labute approximate surface area is 182 Å². The topological polar surface area (TPSA) is 92.1 Å². The van der Waals surface area contributed by atoms with Gasteiger partial charge in [0.15, 0.2) is 5.65 Å². The summed E-state index contributed by atoms with van der Waals surface area (Å²) in [7, 11) is 1.59. The number of aromatic nitrogens is 3. The molecule has 2 heterocycles. The molecule has 2 aliphatic carbocycles. The van der Waals surface area contributed by atoms with Crippen molar-refractivity contribution in [2.45, 2.75) is 50.7 Å². The van der Waals surface area contributed by atoms with Gasteiger partial charge in [-0.15, -0.1) is 0 Å². The van der Waals surface area contributed by atoms with Crippen molar-refractivity contribution in [1.29, 1.82) is 0 Å². The Morgan fingerprint density at radius 2 is 1.84 bits per heavy atom. The smallest absolute Gasteiger partial charge is 0.405 e. The summed E-state index contributed by atoms with van der Waals surface area (Å²) in [5.41, 5.74) is 6.34. The van der Waals surface area contributed by atoms with Crippen molar-refractivity contribution in [3.8, 4) is 11.3 Å². The fraction of sp³-hybridized carbons (Fsp3) is 0.435. The van der Waals surface area contributed by atoms with E-state index in [1.54, 1.807) is 19.2 Å². The van der Waals surface area contributed by atoms with E-state index in [0.717, 1.165) is 30.4 Å². The number of ether oxygens (including phenoxy) is 1. The first-order chi connectivity index (χ1) is 15.1. The Balaban J connectivity index is 1.48. The summed E-state index contributed by atoms with van der Waals surface area (Å²) in [4.78, 5) is 28.7. The molecule has 2 N–H and O–H groups in total. The molecule has 5 rings (SSSR count). The SMILES string of the molecule is Cn1c(=O)n(CC2(C)CC2(F)F)c2ccc(-c3ccc(C4(OC(N)=O)CCC4)cc3)nc21. The van der Waals surface area contributed by atoms with Crippen LogP contribution in [0, 0.1) is 5.41 Å². The van der Waals surface area contributed by atoms with Crippen LogP contribution in [0.5, 0.6) is 0 Å². The maximum atomic E-state index is 13.7. The van der Waals surface area contributed by atoms with E-state index in [0.29, 0.717) is 16.9 Å². The predicted octanol–water partition coefficient (Wildman–Crippen LogP) is 3.92. The van der Waals surface area contributed by atoms with Crippen molar-refractivity contribution in [1.82, 2.24) is 14.1 Å². The standard InChI is InChI=1S/C23H24F2N4O3/c1-21(12-23(21,24)25)13-29-17-9-8-16(27-18(17)28(2)20(29)31)14-4-6-15(7-5-14)22(10-3-11-22)32-19(26)30/h4-9H,3,10-13H2,1-2H3,(H2,26,30). The highest BCUT2D eigenvalue weighted by Gasteiger charge is 2.68. The summed E-state index contributed by atoms with van der Waals surface area (Å²) in [6.07, 6.45) is 1.41. The first kappa shape index (κ1) is 20.7. The van der Waals surface area contributed by atoms with Crippen LogP contribution in [0.1, 0.15) is 38.2 Å². The Morgan fingerprint density at radius 1 is 1.19 bits per heavy atom. The van der Waals surface area contributed by atoms with Gasteiger partial charge in [0.05, 0.1) is 16.6 Å². The highest BCUT2D eigenvalue weighted by atomic mass is 19.3. The lowest BCUT2D eigenvalue weighted by molar-refractivity contribution is -0.0489. The van der Waals surface area contributed by atoms with Crippen LogP contribution in [0.2, 0.25) is 0 Å². The molecule has 168 valence electrons. The first-order valence-corrected chi connectivity index (χ1v) is 10.6. The lowest BCUT2D eigenvalue weighted by Gasteiger charge is -2.40. The van der Waals surface area contributed by atoms with Gasteiger partial charge in [0.25, 0.3) is 5.92 Å². The Hall–Kier alpha value is -3.23. The van der Waals surface area contributed by atoms with Crippen LogP contribution in [-0.4, -0.2) is 26.1 Å². The number of nitrogens with zero attached hydrogens (tertiary/aromatic N) is 3. The number of pyridine rings is 1. The van der Waals surface area contributed by atoms with Gasteiger partial charge < -0.3 is 10.5 Å². The Morgan fingerprint density at radius 3 is 2.38 bits per heavy atom. The van der Waals surface area contributed by atoms with E-state index in [-0.39, 0.29) is 18.7 Å². The Kier molecular flexibility index (Phi) is 4.28. The number of hydrogen-bond acceptors (Lipinski definition) is 4. The number of rotatable bonds is 5. The second kappa shape index (κ2) is 6.63. The molecule has 1 atom stereocenters. The van der Waals surface area contributed by atoms with Crippen molar-refractivity contribution in [3.05, 3.63) is 52.4 Å². The summed E-state index contributed by atoms with van der Waals surface area (Å²) in [6.45, 7) is 1.45. The minimum absolute atomic E-state index is 0.0478. The molecular formula is C23H24F2N4O3. The molecule has 0 saturated heterocycles. The van der Waals surface area contributed by atoms with Crippen molar-refractivity contribution in [2.24, 2.45) is 18.2 Å². The summed E-state index contributed by atoms with van der Waals surface area (Å²) in [6, 6.07) is 11.1. The molecule has 2 saturated carbocycles. The number of imidazole rings is 1. The molecule has 2 fully saturated rings. The minimum atomic E-state index is -2.75. The van der Waals surface area contributed by atoms with Crippen LogP contribution in [0.25, 0.3) is 22.4 Å². The number of benzene rings is 1. The van der Waals surface area contributed by atoms with Crippen LogP contribution in [0.3, 0.4) is 0 Å². The van der Waals surface area contributed by atoms with Crippen LogP contribution < -0.4 is 11.4 Å². The maximum absolute atomic E-state index is 13.7. The number of alkyl halides is 2. The van der Waals surface area contributed by atoms with Gasteiger partial charge in [-0.05, 0) is 37.0 Å². The molecule has 1 aromatic carbocycles. The number of carbonyl (C=O) groups excluding carboxylic acids is 1. The molecule has 0 radical (unpaired) electrons. The zero-order valence-corrected chi connectivity index (χ0v) is 17.9. The van der Waals surface area contributed by atoms with Crippen molar-refractivity contribution < 1.29 is 18.3 Å². The molecule has 9 heteroatoms. The molecule has 2 aliphatic rings. The largest absolute Gasteiger partial charge is 0.438 e. The van der Waals surface area contributed by atoms with E-state index in [4.69, 9.17) is 10.5 Å². The first-order valence-electron chi connectivity index (χ1n) is 10.6. The van der Waals surface area contributed by atoms with Crippen molar-refractivity contribution in [3.63, 3.8) is 0 Å². The molecule has 32 heavy (non-hydrogen) atoms. The van der Waals surface area contributed by atoms with Gasteiger partial charge in [-0.25, -0.2) is 23.4 Å². The van der Waals surface area contributed by atoms with E-state index in [1.165, 1.54) is 16.1 Å². The number of halogens is 2. The van der Waals surface area contributed by atoms with E-state index in [1.807, 2.05) is 24.3 Å². The Bertz CT molecular complexity index is 1290. The van der Waals surface area contributed by atoms with Gasteiger partial charge in [0.2, 0.25) is 0 Å². The molecule has 0 aliphatic heterocycles. The summed E-state index contributed by atoms with van der Waals surface area (Å²) >= 11 is 0. The average molecular weight is 442 g/mol. The van der Waals surface area contributed by atoms with Gasteiger partial charge in [-0.1, -0.05) is 31.2 Å². The zero-order chi connectivity index (χ0) is 22.9. The quantitative estimate of drug-likeness (QED) is 0.648. The molecule has 0 bridgehead atoms. The summed E-state index contributed by atoms with van der Waals surface area (Å²) in [5.74, 6) is -2.75. The zero-order valence-electron chi connectivity index (χ0n) is 17.9. The van der Waals surface area contributed by atoms with E-state index in [2.05, 4.69) is 4.98 Å². The second-order valence-electron chi connectivity index (χ2n) is 9.26. The van der Waals surface area contributed by atoms with Crippen molar-refractivity contribution in [2.75, 3.05) is 0 Å². The molecular weight excluding hydrogens is 418 g/mol. The van der Waals surface area contributed by atoms with Crippen LogP contribution in [0.4, 0.5) is 13.6 Å². The van der Waals surface area contributed by atoms with Crippen LogP contribution >= 0.6 is 0 Å². The number of aryl methyl sites for hydroxylation is 1. The van der Waals surface area contributed by atoms with Crippen molar-refractivity contribution >= 4 is 17.3 Å². The fourth-order valence-corrected chi connectivity index (χ4v) is 4.64. The third kappa shape index (κ3) is 3.02. The van der Waals surface area contributed by atoms with Gasteiger partial charge in [-0.3, -0.25) is 9.13 Å². The molecule has 2 aromatic heterocycles. The molecule has 7 nitrogen and oxygen atoms in total. The normalized spacial score (nSPS) is 23.0. The monoisotopic (exact) mass is 442 g/mol. The number of fused-ring (bicyclic) bond motifs is 1. The van der Waals surface area contributed by atoms with Gasteiger partial charge in [-0.2, -0.15) is 0 Å². The molecule has 1 unspecified atom stereocenters. The number of nitrogens with two attached hydrogens (primary N) is 1.